The summed E-state index contributed by atoms with van der Waals surface area (Å²) in [6, 6.07) is 5.01. The number of aromatic nitrogens is 2. The molecule has 1 amide bonds. The summed E-state index contributed by atoms with van der Waals surface area (Å²) in [5.41, 5.74) is -3.00. The third kappa shape index (κ3) is 4.48. The van der Waals surface area contributed by atoms with Gasteiger partial charge in [0.15, 0.2) is 5.69 Å². The number of carbonyl (C=O) groups is 1. The van der Waals surface area contributed by atoms with Gasteiger partial charge in [-0.15, -0.1) is 0 Å². The molecule has 152 valence electrons. The number of nitrogens with zero attached hydrogens (tertiary/aromatic N) is 2. The Kier molecular flexibility index (Phi) is 5.40. The third-order valence-electron chi connectivity index (χ3n) is 4.65. The monoisotopic (exact) mass is 405 g/mol. The van der Waals surface area contributed by atoms with Crippen molar-refractivity contribution in [2.45, 2.75) is 44.5 Å². The fourth-order valence-electron chi connectivity index (χ4n) is 3.21. The van der Waals surface area contributed by atoms with E-state index in [2.05, 4.69) is 10.4 Å². The van der Waals surface area contributed by atoms with Gasteiger partial charge in [-0.3, -0.25) is 4.79 Å². The van der Waals surface area contributed by atoms with Gasteiger partial charge in [-0.2, -0.15) is 31.4 Å². The largest absolute Gasteiger partial charge is 0.435 e. The van der Waals surface area contributed by atoms with Crippen molar-refractivity contribution in [3.05, 3.63) is 41.7 Å². The lowest BCUT2D eigenvalue weighted by molar-refractivity contribution is -0.143. The van der Waals surface area contributed by atoms with Crippen LogP contribution in [0, 0.1) is 5.92 Å². The summed E-state index contributed by atoms with van der Waals surface area (Å²) in [5.74, 6) is -0.271. The van der Waals surface area contributed by atoms with Gasteiger partial charge in [-0.1, -0.05) is 19.3 Å². The minimum Gasteiger partial charge on any atom is -0.326 e. The van der Waals surface area contributed by atoms with Gasteiger partial charge in [-0.05, 0) is 37.1 Å². The first-order valence-electron chi connectivity index (χ1n) is 8.71. The highest BCUT2D eigenvalue weighted by Gasteiger charge is 2.42. The molecule has 1 saturated carbocycles. The number of rotatable bonds is 3. The molecule has 1 aliphatic rings. The zero-order valence-electron chi connectivity index (χ0n) is 14.6. The number of alkyl halides is 6. The van der Waals surface area contributed by atoms with E-state index in [1.54, 1.807) is 0 Å². The molecule has 0 aliphatic heterocycles. The molecule has 10 heteroatoms. The van der Waals surface area contributed by atoms with Gasteiger partial charge in [0.25, 0.3) is 0 Å². The molecule has 0 saturated heterocycles. The number of carbonyl (C=O) groups excluding carboxylic acids is 1. The van der Waals surface area contributed by atoms with E-state index in [0.717, 1.165) is 32.1 Å². The smallest absolute Gasteiger partial charge is 0.326 e. The number of hydrogen-bond donors (Lipinski definition) is 1. The Bertz CT molecular complexity index is 832. The van der Waals surface area contributed by atoms with E-state index in [1.165, 1.54) is 24.3 Å². The van der Waals surface area contributed by atoms with E-state index in [0.29, 0.717) is 5.69 Å². The summed E-state index contributed by atoms with van der Waals surface area (Å²) in [6.07, 6.45) is -5.41. The first-order valence-corrected chi connectivity index (χ1v) is 8.71. The number of anilines is 1. The van der Waals surface area contributed by atoms with Crippen molar-refractivity contribution in [3.8, 4) is 5.69 Å². The highest BCUT2D eigenvalue weighted by Crippen LogP contribution is 2.36. The van der Waals surface area contributed by atoms with E-state index in [1.807, 2.05) is 0 Å². The van der Waals surface area contributed by atoms with Gasteiger partial charge >= 0.3 is 12.4 Å². The molecule has 1 aromatic carbocycles. The molecule has 1 heterocycles. The summed E-state index contributed by atoms with van der Waals surface area (Å²) in [7, 11) is 0. The minimum atomic E-state index is -5.01. The molecule has 0 radical (unpaired) electrons. The van der Waals surface area contributed by atoms with E-state index in [4.69, 9.17) is 0 Å². The Morgan fingerprint density at radius 3 is 2.11 bits per heavy atom. The molecule has 1 N–H and O–H groups in total. The fourth-order valence-corrected chi connectivity index (χ4v) is 3.21. The molecule has 0 spiro atoms. The Morgan fingerprint density at radius 1 is 0.964 bits per heavy atom. The van der Waals surface area contributed by atoms with Crippen LogP contribution in [0.25, 0.3) is 5.69 Å². The standard InChI is InChI=1S/C18H17F6N3O/c19-17(20,21)14-10-15(18(22,23)24)27(26-14)13-8-6-12(7-9-13)25-16(28)11-4-2-1-3-5-11/h6-11H,1-5H2,(H,25,28). The number of benzene rings is 1. The van der Waals surface area contributed by atoms with Gasteiger partial charge in [0.1, 0.15) is 5.69 Å². The molecule has 0 unspecified atom stereocenters. The summed E-state index contributed by atoms with van der Waals surface area (Å²) >= 11 is 0. The van der Waals surface area contributed by atoms with Gasteiger partial charge < -0.3 is 5.32 Å². The Labute approximate surface area is 156 Å². The molecule has 4 nitrogen and oxygen atoms in total. The Hall–Kier alpha value is -2.52. The second-order valence-electron chi connectivity index (χ2n) is 6.69. The highest BCUT2D eigenvalue weighted by molar-refractivity contribution is 5.92. The van der Waals surface area contributed by atoms with Crippen LogP contribution in [0.15, 0.2) is 30.3 Å². The molecule has 1 fully saturated rings. The van der Waals surface area contributed by atoms with Gasteiger partial charge in [0, 0.05) is 17.7 Å². The molecule has 0 bridgehead atoms. The zero-order valence-corrected chi connectivity index (χ0v) is 14.6. The maximum absolute atomic E-state index is 13.1. The lowest BCUT2D eigenvalue weighted by Gasteiger charge is -2.20. The molecule has 0 atom stereocenters. The second-order valence-corrected chi connectivity index (χ2v) is 6.69. The molecule has 1 aromatic heterocycles. The first-order chi connectivity index (χ1) is 13.1. The summed E-state index contributed by atoms with van der Waals surface area (Å²) in [5, 5.41) is 5.76. The molecule has 3 rings (SSSR count). The normalized spacial score (nSPS) is 16.2. The average molecular weight is 405 g/mol. The van der Waals surface area contributed by atoms with Crippen LogP contribution in [0.5, 0.6) is 0 Å². The molecule has 28 heavy (non-hydrogen) atoms. The summed E-state index contributed by atoms with van der Waals surface area (Å²) in [6.45, 7) is 0. The average Bonchev–Trinajstić information content (AvgIpc) is 3.09. The maximum Gasteiger partial charge on any atom is 0.435 e. The van der Waals surface area contributed by atoms with Crippen LogP contribution in [-0.4, -0.2) is 15.7 Å². The second kappa shape index (κ2) is 7.48. The predicted octanol–water partition coefficient (Wildman–Crippen LogP) is 5.43. The van der Waals surface area contributed by atoms with Crippen LogP contribution in [0.3, 0.4) is 0 Å². The van der Waals surface area contributed by atoms with Crippen LogP contribution in [0.2, 0.25) is 0 Å². The molecular weight excluding hydrogens is 388 g/mol. The maximum atomic E-state index is 13.1. The lowest BCUT2D eigenvalue weighted by Crippen LogP contribution is -2.24. The van der Waals surface area contributed by atoms with Crippen molar-refractivity contribution in [1.29, 1.82) is 0 Å². The molecule has 1 aliphatic carbocycles. The van der Waals surface area contributed by atoms with Crippen molar-refractivity contribution < 1.29 is 31.1 Å². The van der Waals surface area contributed by atoms with Crippen molar-refractivity contribution in [2.75, 3.05) is 5.32 Å². The van der Waals surface area contributed by atoms with E-state index in [-0.39, 0.29) is 28.3 Å². The number of amides is 1. The van der Waals surface area contributed by atoms with Crippen molar-refractivity contribution in [1.82, 2.24) is 9.78 Å². The fraction of sp³-hybridized carbons (Fsp3) is 0.444. The van der Waals surface area contributed by atoms with Crippen LogP contribution >= 0.6 is 0 Å². The highest BCUT2D eigenvalue weighted by atomic mass is 19.4. The Balaban J connectivity index is 1.83. The van der Waals surface area contributed by atoms with Crippen LogP contribution in [0.4, 0.5) is 32.0 Å². The van der Waals surface area contributed by atoms with Crippen molar-refractivity contribution in [3.63, 3.8) is 0 Å². The van der Waals surface area contributed by atoms with Crippen LogP contribution < -0.4 is 5.32 Å². The zero-order chi connectivity index (χ0) is 20.5. The minimum absolute atomic E-state index is 0.0290. The summed E-state index contributed by atoms with van der Waals surface area (Å²) in [4.78, 5) is 12.2. The quantitative estimate of drug-likeness (QED) is 0.693. The van der Waals surface area contributed by atoms with Crippen molar-refractivity contribution in [2.24, 2.45) is 5.92 Å². The lowest BCUT2D eigenvalue weighted by atomic mass is 9.88. The van der Waals surface area contributed by atoms with Gasteiger partial charge in [-0.25, -0.2) is 4.68 Å². The third-order valence-corrected chi connectivity index (χ3v) is 4.65. The van der Waals surface area contributed by atoms with Gasteiger partial charge in [0.2, 0.25) is 5.91 Å². The summed E-state index contributed by atoms with van der Waals surface area (Å²) < 4.78 is 77.9. The molecule has 2 aromatic rings. The van der Waals surface area contributed by atoms with E-state index < -0.39 is 23.7 Å². The SMILES string of the molecule is O=C(Nc1ccc(-n2nc(C(F)(F)F)cc2C(F)(F)F)cc1)C1CCCCC1. The van der Waals surface area contributed by atoms with Crippen LogP contribution in [0.1, 0.15) is 43.5 Å². The van der Waals surface area contributed by atoms with Crippen molar-refractivity contribution >= 4 is 11.6 Å². The number of halogens is 6. The van der Waals surface area contributed by atoms with Gasteiger partial charge in [0.05, 0.1) is 5.69 Å². The molecular formula is C18H17F6N3O. The number of hydrogen-bond acceptors (Lipinski definition) is 2. The predicted molar refractivity (Wildman–Crippen MR) is 88.8 cm³/mol. The topological polar surface area (TPSA) is 46.9 Å². The first kappa shape index (κ1) is 20.2. The van der Waals surface area contributed by atoms with E-state index >= 15 is 0 Å². The Morgan fingerprint density at radius 2 is 1.57 bits per heavy atom. The van der Waals surface area contributed by atoms with E-state index in [9.17, 15) is 31.1 Å². The van der Waals surface area contributed by atoms with Crippen LogP contribution in [-0.2, 0) is 17.1 Å². The number of nitrogens with one attached hydrogen (secondary N) is 1.